The summed E-state index contributed by atoms with van der Waals surface area (Å²) in [6.07, 6.45) is 0. The van der Waals surface area contributed by atoms with E-state index in [-0.39, 0.29) is 0 Å². The van der Waals surface area contributed by atoms with Gasteiger partial charge >= 0.3 is 0 Å². The summed E-state index contributed by atoms with van der Waals surface area (Å²) >= 11 is 6.14. The second-order valence-corrected chi connectivity index (χ2v) is 10.3. The van der Waals surface area contributed by atoms with Gasteiger partial charge in [-0.3, -0.25) is 0 Å². The standard InChI is InChI=1S/C18H14N4S4/c1-7-5-11(9(3)23-7)13-14(12-6-8(2)24-10(12)4)16-18(22-26-20-16)17-15(13)19-25-21-17/h5-6H,1-4H3. The summed E-state index contributed by atoms with van der Waals surface area (Å²) in [4.78, 5) is 5.19. The van der Waals surface area contributed by atoms with Crippen molar-refractivity contribution in [3.8, 4) is 22.3 Å². The largest absolute Gasteiger partial charge is 0.172 e. The highest BCUT2D eigenvalue weighted by atomic mass is 32.1. The van der Waals surface area contributed by atoms with E-state index in [1.807, 2.05) is 22.7 Å². The molecule has 4 heterocycles. The van der Waals surface area contributed by atoms with E-state index >= 15 is 0 Å². The Kier molecular flexibility index (Phi) is 3.72. The van der Waals surface area contributed by atoms with Crippen LogP contribution in [-0.4, -0.2) is 17.5 Å². The van der Waals surface area contributed by atoms with Gasteiger partial charge in [0.25, 0.3) is 0 Å². The van der Waals surface area contributed by atoms with E-state index in [4.69, 9.17) is 0 Å². The van der Waals surface area contributed by atoms with Gasteiger partial charge in [0, 0.05) is 30.6 Å². The average Bonchev–Trinajstić information content (AvgIpc) is 3.33. The van der Waals surface area contributed by atoms with Gasteiger partial charge in [-0.1, -0.05) is 0 Å². The maximum Gasteiger partial charge on any atom is 0.134 e. The molecular formula is C18H14N4S4. The molecule has 4 aromatic heterocycles. The average molecular weight is 415 g/mol. The Hall–Kier alpha value is -1.74. The van der Waals surface area contributed by atoms with Gasteiger partial charge in [-0.2, -0.15) is 17.5 Å². The number of benzene rings is 1. The first-order chi connectivity index (χ1) is 12.5. The smallest absolute Gasteiger partial charge is 0.134 e. The number of rotatable bonds is 2. The fourth-order valence-corrected chi connectivity index (χ4v) is 6.51. The van der Waals surface area contributed by atoms with Crippen molar-refractivity contribution in [1.29, 1.82) is 0 Å². The van der Waals surface area contributed by atoms with E-state index in [1.54, 1.807) is 0 Å². The molecule has 5 aromatic rings. The number of hydrogen-bond donors (Lipinski definition) is 0. The molecule has 0 spiro atoms. The minimum Gasteiger partial charge on any atom is -0.172 e. The molecule has 1 aromatic carbocycles. The minimum atomic E-state index is 0.866. The van der Waals surface area contributed by atoms with Crippen molar-refractivity contribution in [2.24, 2.45) is 0 Å². The molecule has 0 unspecified atom stereocenters. The zero-order valence-corrected chi connectivity index (χ0v) is 17.8. The van der Waals surface area contributed by atoms with Gasteiger partial charge < -0.3 is 0 Å². The van der Waals surface area contributed by atoms with E-state index in [0.29, 0.717) is 0 Å². The molecule has 0 aliphatic heterocycles. The molecule has 0 atom stereocenters. The highest BCUT2D eigenvalue weighted by Gasteiger charge is 2.25. The molecule has 0 bridgehead atoms. The zero-order chi connectivity index (χ0) is 18.0. The third-order valence-electron chi connectivity index (χ3n) is 4.55. The monoisotopic (exact) mass is 414 g/mol. The van der Waals surface area contributed by atoms with Crippen molar-refractivity contribution in [1.82, 2.24) is 17.5 Å². The Balaban J connectivity index is 2.04. The third-order valence-corrected chi connectivity index (χ3v) is 7.53. The van der Waals surface area contributed by atoms with Crippen LogP contribution < -0.4 is 0 Å². The van der Waals surface area contributed by atoms with E-state index in [1.165, 1.54) is 54.1 Å². The van der Waals surface area contributed by atoms with Crippen molar-refractivity contribution in [3.63, 3.8) is 0 Å². The summed E-state index contributed by atoms with van der Waals surface area (Å²) in [7, 11) is 0. The van der Waals surface area contributed by atoms with Gasteiger partial charge in [0.2, 0.25) is 0 Å². The summed E-state index contributed by atoms with van der Waals surface area (Å²) in [6.45, 7) is 8.66. The SMILES string of the molecule is Cc1cc(-c2c(-c3cc(C)sc3C)c3nsnc3c3nsnc23)c(C)s1. The molecule has 0 saturated carbocycles. The zero-order valence-electron chi connectivity index (χ0n) is 14.6. The van der Waals surface area contributed by atoms with Crippen molar-refractivity contribution >= 4 is 68.2 Å². The molecular weight excluding hydrogens is 400 g/mol. The maximum atomic E-state index is 4.67. The maximum absolute atomic E-state index is 4.67. The van der Waals surface area contributed by atoms with Gasteiger partial charge in [0.1, 0.15) is 22.1 Å². The molecule has 0 aliphatic carbocycles. The molecule has 130 valence electrons. The molecule has 0 saturated heterocycles. The molecule has 0 fully saturated rings. The Bertz CT molecular complexity index is 1190. The highest BCUT2D eigenvalue weighted by Crippen LogP contribution is 2.47. The predicted molar refractivity (Wildman–Crippen MR) is 114 cm³/mol. The molecule has 4 nitrogen and oxygen atoms in total. The van der Waals surface area contributed by atoms with Crippen LogP contribution in [0.5, 0.6) is 0 Å². The van der Waals surface area contributed by atoms with Crippen LogP contribution in [0.2, 0.25) is 0 Å². The van der Waals surface area contributed by atoms with E-state index < -0.39 is 0 Å². The number of thiophene rings is 2. The lowest BCUT2D eigenvalue weighted by Crippen LogP contribution is -1.91. The second kappa shape index (κ2) is 5.88. The fourth-order valence-electron chi connectivity index (χ4n) is 3.54. The van der Waals surface area contributed by atoms with Crippen molar-refractivity contribution < 1.29 is 0 Å². The second-order valence-electron chi connectivity index (χ2n) is 6.33. The minimum absolute atomic E-state index is 0.866. The van der Waals surface area contributed by atoms with Crippen LogP contribution in [0.25, 0.3) is 44.3 Å². The molecule has 5 rings (SSSR count). The first kappa shape index (κ1) is 16.4. The number of fused-ring (bicyclic) bond motifs is 3. The molecule has 8 heteroatoms. The summed E-state index contributed by atoms with van der Waals surface area (Å²) in [5.74, 6) is 0. The van der Waals surface area contributed by atoms with Gasteiger partial charge in [0.05, 0.1) is 23.5 Å². The number of nitrogens with zero attached hydrogens (tertiary/aromatic N) is 4. The van der Waals surface area contributed by atoms with E-state index in [2.05, 4.69) is 57.3 Å². The van der Waals surface area contributed by atoms with E-state index in [0.717, 1.165) is 33.2 Å². The lowest BCUT2D eigenvalue weighted by atomic mass is 9.92. The van der Waals surface area contributed by atoms with Crippen LogP contribution in [0.1, 0.15) is 19.5 Å². The van der Waals surface area contributed by atoms with Crippen LogP contribution >= 0.6 is 46.1 Å². The molecule has 0 radical (unpaired) electrons. The van der Waals surface area contributed by atoms with Gasteiger partial charge in [-0.15, -0.1) is 22.7 Å². The number of aromatic nitrogens is 4. The summed E-state index contributed by atoms with van der Waals surface area (Å²) in [5, 5.41) is 0. The summed E-state index contributed by atoms with van der Waals surface area (Å²) < 4.78 is 18.4. The van der Waals surface area contributed by atoms with Crippen LogP contribution in [0.4, 0.5) is 0 Å². The molecule has 0 N–H and O–H groups in total. The highest BCUT2D eigenvalue weighted by molar-refractivity contribution is 7.12. The molecule has 26 heavy (non-hydrogen) atoms. The summed E-state index contributed by atoms with van der Waals surface area (Å²) in [6, 6.07) is 4.52. The predicted octanol–water partition coefficient (Wildman–Crippen LogP) is 6.39. The number of hydrogen-bond acceptors (Lipinski definition) is 8. The first-order valence-electron chi connectivity index (χ1n) is 8.10. The van der Waals surface area contributed by atoms with Crippen molar-refractivity contribution in [2.45, 2.75) is 27.7 Å². The first-order valence-corrected chi connectivity index (χ1v) is 11.2. The topological polar surface area (TPSA) is 51.6 Å². The summed E-state index contributed by atoms with van der Waals surface area (Å²) in [5.41, 5.74) is 8.38. The Morgan fingerprint density at radius 1 is 0.577 bits per heavy atom. The molecule has 0 aliphatic rings. The Morgan fingerprint density at radius 3 is 1.31 bits per heavy atom. The number of aryl methyl sites for hydroxylation is 4. The van der Waals surface area contributed by atoms with Crippen molar-refractivity contribution in [3.05, 3.63) is 31.6 Å². The Morgan fingerprint density at radius 2 is 0.962 bits per heavy atom. The fraction of sp³-hybridized carbons (Fsp3) is 0.222. The van der Waals surface area contributed by atoms with Gasteiger partial charge in [-0.05, 0) is 51.0 Å². The van der Waals surface area contributed by atoms with E-state index in [9.17, 15) is 0 Å². The van der Waals surface area contributed by atoms with Gasteiger partial charge in [-0.25, -0.2) is 0 Å². The lowest BCUT2D eigenvalue weighted by molar-refractivity contribution is 1.53. The normalized spacial score (nSPS) is 11.8. The van der Waals surface area contributed by atoms with Crippen LogP contribution in [0.15, 0.2) is 12.1 Å². The quantitative estimate of drug-likeness (QED) is 0.336. The third kappa shape index (κ3) is 2.29. The van der Waals surface area contributed by atoms with Crippen LogP contribution in [0.3, 0.4) is 0 Å². The Labute approximate surface area is 166 Å². The van der Waals surface area contributed by atoms with Crippen molar-refractivity contribution in [2.75, 3.05) is 0 Å². The van der Waals surface area contributed by atoms with Crippen LogP contribution in [-0.2, 0) is 0 Å². The van der Waals surface area contributed by atoms with Gasteiger partial charge in [0.15, 0.2) is 0 Å². The van der Waals surface area contributed by atoms with Crippen LogP contribution in [0, 0.1) is 27.7 Å². The molecule has 0 amide bonds. The lowest BCUT2D eigenvalue weighted by Gasteiger charge is -2.11.